The summed E-state index contributed by atoms with van der Waals surface area (Å²) in [5, 5.41) is 13.0. The van der Waals surface area contributed by atoms with E-state index in [2.05, 4.69) is 5.10 Å². The zero-order valence-electron chi connectivity index (χ0n) is 12.2. The number of carboxylic acids is 1. The summed E-state index contributed by atoms with van der Waals surface area (Å²) in [4.78, 5) is 11.0. The van der Waals surface area contributed by atoms with Crippen LogP contribution in [0.3, 0.4) is 0 Å². The molecule has 0 bridgehead atoms. The summed E-state index contributed by atoms with van der Waals surface area (Å²) in [6, 6.07) is 4.90. The quantitative estimate of drug-likeness (QED) is 0.905. The standard InChI is InChI=1S/C14H16N2O5/c1-16-11(7-10(15-16)14(17)18)9-5-8(19-2)6-12(20-3)13(9)21-4/h5-7H,1-4H3,(H,17,18). The topological polar surface area (TPSA) is 82.8 Å². The Kier molecular flexibility index (Phi) is 4.02. The highest BCUT2D eigenvalue weighted by Crippen LogP contribution is 2.41. The third-order valence-electron chi connectivity index (χ3n) is 3.06. The predicted octanol–water partition coefficient (Wildman–Crippen LogP) is 1.81. The predicted molar refractivity (Wildman–Crippen MR) is 75.3 cm³/mol. The molecule has 1 N–H and O–H groups in total. The molecule has 1 aromatic heterocycles. The highest BCUT2D eigenvalue weighted by Gasteiger charge is 2.20. The first-order chi connectivity index (χ1) is 10.0. The molecule has 2 rings (SSSR count). The zero-order valence-corrected chi connectivity index (χ0v) is 12.2. The molecule has 0 fully saturated rings. The number of methoxy groups -OCH3 is 3. The van der Waals surface area contributed by atoms with Crippen LogP contribution in [0.1, 0.15) is 10.5 Å². The number of hydrogen-bond acceptors (Lipinski definition) is 5. The molecular formula is C14H16N2O5. The van der Waals surface area contributed by atoms with E-state index in [1.165, 1.54) is 32.1 Å². The highest BCUT2D eigenvalue weighted by atomic mass is 16.5. The minimum atomic E-state index is -1.09. The Labute approximate surface area is 121 Å². The van der Waals surface area contributed by atoms with Crippen LogP contribution in [0, 0.1) is 0 Å². The lowest BCUT2D eigenvalue weighted by molar-refractivity contribution is 0.0689. The van der Waals surface area contributed by atoms with Crippen molar-refractivity contribution in [1.29, 1.82) is 0 Å². The van der Waals surface area contributed by atoms with Crippen molar-refractivity contribution in [3.05, 3.63) is 23.9 Å². The van der Waals surface area contributed by atoms with Crippen molar-refractivity contribution < 1.29 is 24.1 Å². The lowest BCUT2D eigenvalue weighted by atomic mass is 10.1. The van der Waals surface area contributed by atoms with Crippen LogP contribution >= 0.6 is 0 Å². The van der Waals surface area contributed by atoms with Gasteiger partial charge in [0, 0.05) is 18.7 Å². The van der Waals surface area contributed by atoms with E-state index in [0.717, 1.165) is 0 Å². The molecule has 0 radical (unpaired) electrons. The average Bonchev–Trinajstić information content (AvgIpc) is 2.87. The fraction of sp³-hybridized carbons (Fsp3) is 0.286. The van der Waals surface area contributed by atoms with E-state index < -0.39 is 5.97 Å². The van der Waals surface area contributed by atoms with Gasteiger partial charge in [-0.15, -0.1) is 0 Å². The number of aromatic nitrogens is 2. The number of carboxylic acid groups (broad SMARTS) is 1. The van der Waals surface area contributed by atoms with E-state index in [1.54, 1.807) is 19.2 Å². The molecule has 0 saturated carbocycles. The Morgan fingerprint density at radius 3 is 2.33 bits per heavy atom. The lowest BCUT2D eigenvalue weighted by Gasteiger charge is -2.14. The van der Waals surface area contributed by atoms with Gasteiger partial charge in [0.15, 0.2) is 17.2 Å². The molecule has 0 aliphatic rings. The normalized spacial score (nSPS) is 10.3. The largest absolute Gasteiger partial charge is 0.497 e. The lowest BCUT2D eigenvalue weighted by Crippen LogP contribution is -2.00. The molecule has 1 heterocycles. The third kappa shape index (κ3) is 2.62. The molecule has 21 heavy (non-hydrogen) atoms. The van der Waals surface area contributed by atoms with Gasteiger partial charge < -0.3 is 19.3 Å². The monoisotopic (exact) mass is 292 g/mol. The zero-order chi connectivity index (χ0) is 15.6. The molecular weight excluding hydrogens is 276 g/mol. The number of rotatable bonds is 5. The maximum absolute atomic E-state index is 11.0. The van der Waals surface area contributed by atoms with Gasteiger partial charge in [-0.05, 0) is 12.1 Å². The minimum absolute atomic E-state index is 0.0451. The maximum atomic E-state index is 11.0. The molecule has 0 spiro atoms. The van der Waals surface area contributed by atoms with Crippen LogP contribution in [0.2, 0.25) is 0 Å². The Morgan fingerprint density at radius 1 is 1.14 bits per heavy atom. The number of aryl methyl sites for hydroxylation is 1. The molecule has 0 saturated heterocycles. The van der Waals surface area contributed by atoms with Gasteiger partial charge in [-0.3, -0.25) is 4.68 Å². The van der Waals surface area contributed by atoms with E-state index in [1.807, 2.05) is 0 Å². The molecule has 0 amide bonds. The first-order valence-corrected chi connectivity index (χ1v) is 6.09. The fourth-order valence-electron chi connectivity index (χ4n) is 2.07. The number of benzene rings is 1. The van der Waals surface area contributed by atoms with Crippen LogP contribution in [0.25, 0.3) is 11.3 Å². The minimum Gasteiger partial charge on any atom is -0.497 e. The second-order valence-electron chi connectivity index (χ2n) is 4.25. The summed E-state index contributed by atoms with van der Waals surface area (Å²) in [6.07, 6.45) is 0. The van der Waals surface area contributed by atoms with Crippen LogP contribution in [0.15, 0.2) is 18.2 Å². The van der Waals surface area contributed by atoms with Gasteiger partial charge in [0.1, 0.15) is 5.75 Å². The number of aromatic carboxylic acids is 1. The van der Waals surface area contributed by atoms with Gasteiger partial charge in [0.05, 0.1) is 27.0 Å². The number of nitrogens with zero attached hydrogens (tertiary/aromatic N) is 2. The van der Waals surface area contributed by atoms with E-state index in [4.69, 9.17) is 19.3 Å². The maximum Gasteiger partial charge on any atom is 0.356 e. The second-order valence-corrected chi connectivity index (χ2v) is 4.25. The Balaban J connectivity index is 2.69. The van der Waals surface area contributed by atoms with Crippen molar-refractivity contribution in [3.63, 3.8) is 0 Å². The van der Waals surface area contributed by atoms with Crippen LogP contribution in [0.4, 0.5) is 0 Å². The van der Waals surface area contributed by atoms with Gasteiger partial charge in [0.25, 0.3) is 0 Å². The third-order valence-corrected chi connectivity index (χ3v) is 3.06. The highest BCUT2D eigenvalue weighted by molar-refractivity contribution is 5.87. The summed E-state index contributed by atoms with van der Waals surface area (Å²) >= 11 is 0. The van der Waals surface area contributed by atoms with Crippen molar-refractivity contribution in [2.75, 3.05) is 21.3 Å². The first-order valence-electron chi connectivity index (χ1n) is 6.09. The summed E-state index contributed by atoms with van der Waals surface area (Å²) in [5.74, 6) is 0.453. The van der Waals surface area contributed by atoms with Crippen LogP contribution < -0.4 is 14.2 Å². The summed E-state index contributed by atoms with van der Waals surface area (Å²) < 4.78 is 17.4. The second kappa shape index (κ2) is 5.74. The molecule has 7 nitrogen and oxygen atoms in total. The van der Waals surface area contributed by atoms with Gasteiger partial charge in [-0.2, -0.15) is 5.10 Å². The van der Waals surface area contributed by atoms with Crippen molar-refractivity contribution in [1.82, 2.24) is 9.78 Å². The van der Waals surface area contributed by atoms with Crippen molar-refractivity contribution in [3.8, 4) is 28.5 Å². The van der Waals surface area contributed by atoms with Crippen LogP contribution in [-0.2, 0) is 7.05 Å². The smallest absolute Gasteiger partial charge is 0.356 e. The van der Waals surface area contributed by atoms with E-state index in [9.17, 15) is 4.79 Å². The molecule has 0 aliphatic carbocycles. The molecule has 1 aromatic carbocycles. The summed E-state index contributed by atoms with van der Waals surface area (Å²) in [6.45, 7) is 0. The van der Waals surface area contributed by atoms with Gasteiger partial charge in [0.2, 0.25) is 0 Å². The molecule has 112 valence electrons. The summed E-state index contributed by atoms with van der Waals surface area (Å²) in [7, 11) is 6.24. The Bertz CT molecular complexity index is 678. The molecule has 7 heteroatoms. The Hall–Kier alpha value is -2.70. The molecule has 0 aliphatic heterocycles. The van der Waals surface area contributed by atoms with E-state index in [-0.39, 0.29) is 5.69 Å². The van der Waals surface area contributed by atoms with Gasteiger partial charge >= 0.3 is 5.97 Å². The van der Waals surface area contributed by atoms with E-state index in [0.29, 0.717) is 28.5 Å². The van der Waals surface area contributed by atoms with E-state index >= 15 is 0 Å². The molecule has 0 unspecified atom stereocenters. The van der Waals surface area contributed by atoms with Crippen molar-refractivity contribution in [2.24, 2.45) is 7.05 Å². The van der Waals surface area contributed by atoms with Gasteiger partial charge in [-0.25, -0.2) is 4.79 Å². The number of ether oxygens (including phenoxy) is 3. The Morgan fingerprint density at radius 2 is 1.86 bits per heavy atom. The number of hydrogen-bond donors (Lipinski definition) is 1. The van der Waals surface area contributed by atoms with Crippen molar-refractivity contribution in [2.45, 2.75) is 0 Å². The molecule has 0 atom stereocenters. The summed E-state index contributed by atoms with van der Waals surface area (Å²) in [5.41, 5.74) is 1.17. The fourth-order valence-corrected chi connectivity index (χ4v) is 2.07. The van der Waals surface area contributed by atoms with Crippen molar-refractivity contribution >= 4 is 5.97 Å². The SMILES string of the molecule is COc1cc(OC)c(OC)c(-c2cc(C(=O)O)nn2C)c1. The molecule has 2 aromatic rings. The number of carbonyl (C=O) groups is 1. The van der Waals surface area contributed by atoms with Crippen LogP contribution in [-0.4, -0.2) is 42.2 Å². The first kappa shape index (κ1) is 14.7. The average molecular weight is 292 g/mol. The van der Waals surface area contributed by atoms with Crippen LogP contribution in [0.5, 0.6) is 17.2 Å². The van der Waals surface area contributed by atoms with Gasteiger partial charge in [-0.1, -0.05) is 0 Å².